The summed E-state index contributed by atoms with van der Waals surface area (Å²) in [6.45, 7) is 3.14. The third-order valence-electron chi connectivity index (χ3n) is 3.49. The average molecular weight is 239 g/mol. The molecule has 0 aromatic carbocycles. The number of carbonyl (C=O) groups is 1. The van der Waals surface area contributed by atoms with Crippen LogP contribution in [0.1, 0.15) is 32.0 Å². The molecule has 0 spiro atoms. The van der Waals surface area contributed by atoms with E-state index < -0.39 is 11.5 Å². The minimum atomic E-state index is -0.751. The van der Waals surface area contributed by atoms with Crippen LogP contribution in [0.4, 0.5) is 0 Å². The van der Waals surface area contributed by atoms with Gasteiger partial charge in [-0.25, -0.2) is 0 Å². The van der Waals surface area contributed by atoms with Gasteiger partial charge in [-0.1, -0.05) is 6.92 Å². The standard InChI is InChI=1S/C10H17N5O2/c1-3-10(9(16)17)5-4-6-15(10)7-8-11-13-14(2)12-8/h3-7H2,1-2H3,(H,16,17). The maximum atomic E-state index is 11.5. The number of rotatable bonds is 4. The molecule has 7 heteroatoms. The van der Waals surface area contributed by atoms with Gasteiger partial charge in [0.1, 0.15) is 5.54 Å². The summed E-state index contributed by atoms with van der Waals surface area (Å²) in [5, 5.41) is 21.2. The molecule has 0 radical (unpaired) electrons. The van der Waals surface area contributed by atoms with Crippen molar-refractivity contribution in [1.82, 2.24) is 25.1 Å². The van der Waals surface area contributed by atoms with Gasteiger partial charge in [0, 0.05) is 0 Å². The fourth-order valence-corrected chi connectivity index (χ4v) is 2.52. The number of carboxylic acid groups (broad SMARTS) is 1. The Labute approximate surface area is 99.4 Å². The number of nitrogens with zero attached hydrogens (tertiary/aromatic N) is 5. The summed E-state index contributed by atoms with van der Waals surface area (Å²) >= 11 is 0. The van der Waals surface area contributed by atoms with Crippen molar-refractivity contribution in [2.45, 2.75) is 38.3 Å². The molecule has 0 bridgehead atoms. The van der Waals surface area contributed by atoms with Crippen LogP contribution in [-0.2, 0) is 18.4 Å². The maximum absolute atomic E-state index is 11.5. The van der Waals surface area contributed by atoms with E-state index in [1.165, 1.54) is 4.80 Å². The van der Waals surface area contributed by atoms with Crippen molar-refractivity contribution in [1.29, 1.82) is 0 Å². The van der Waals surface area contributed by atoms with Gasteiger partial charge < -0.3 is 5.11 Å². The Bertz CT molecular complexity index is 419. The van der Waals surface area contributed by atoms with E-state index >= 15 is 0 Å². The Balaban J connectivity index is 2.17. The van der Waals surface area contributed by atoms with Crippen molar-refractivity contribution in [3.63, 3.8) is 0 Å². The predicted molar refractivity (Wildman–Crippen MR) is 59.1 cm³/mol. The highest BCUT2D eigenvalue weighted by Gasteiger charge is 2.46. The number of tetrazole rings is 1. The molecule has 1 saturated heterocycles. The van der Waals surface area contributed by atoms with E-state index in [0.717, 1.165) is 13.0 Å². The van der Waals surface area contributed by atoms with E-state index in [4.69, 9.17) is 0 Å². The van der Waals surface area contributed by atoms with Gasteiger partial charge in [0.05, 0.1) is 13.6 Å². The van der Waals surface area contributed by atoms with E-state index in [0.29, 0.717) is 25.2 Å². The Morgan fingerprint density at radius 1 is 1.59 bits per heavy atom. The van der Waals surface area contributed by atoms with Crippen LogP contribution < -0.4 is 0 Å². The quantitative estimate of drug-likeness (QED) is 0.798. The first-order valence-electron chi connectivity index (χ1n) is 5.80. The molecule has 17 heavy (non-hydrogen) atoms. The van der Waals surface area contributed by atoms with Crippen LogP contribution in [0.2, 0.25) is 0 Å². The lowest BCUT2D eigenvalue weighted by Crippen LogP contribution is -2.49. The van der Waals surface area contributed by atoms with Crippen LogP contribution in [0.25, 0.3) is 0 Å². The number of carboxylic acids is 1. The smallest absolute Gasteiger partial charge is 0.324 e. The maximum Gasteiger partial charge on any atom is 0.324 e. The second-order valence-corrected chi connectivity index (χ2v) is 4.41. The fourth-order valence-electron chi connectivity index (χ4n) is 2.52. The molecule has 7 nitrogen and oxygen atoms in total. The van der Waals surface area contributed by atoms with E-state index in [2.05, 4.69) is 15.4 Å². The van der Waals surface area contributed by atoms with Crippen LogP contribution in [0.15, 0.2) is 0 Å². The highest BCUT2D eigenvalue weighted by Crippen LogP contribution is 2.33. The first-order valence-corrected chi connectivity index (χ1v) is 5.80. The largest absolute Gasteiger partial charge is 0.480 e. The molecule has 2 heterocycles. The highest BCUT2D eigenvalue weighted by atomic mass is 16.4. The number of likely N-dealkylation sites (tertiary alicyclic amines) is 1. The molecular formula is C10H17N5O2. The topological polar surface area (TPSA) is 84.1 Å². The lowest BCUT2D eigenvalue weighted by Gasteiger charge is -2.32. The third-order valence-corrected chi connectivity index (χ3v) is 3.49. The van der Waals surface area contributed by atoms with Crippen molar-refractivity contribution in [2.24, 2.45) is 7.05 Å². The molecule has 0 amide bonds. The third kappa shape index (κ3) is 2.02. The van der Waals surface area contributed by atoms with Gasteiger partial charge in [0.25, 0.3) is 0 Å². The Hall–Kier alpha value is -1.50. The van der Waals surface area contributed by atoms with Crippen molar-refractivity contribution >= 4 is 5.97 Å². The van der Waals surface area contributed by atoms with Crippen LogP contribution in [-0.4, -0.2) is 48.3 Å². The highest BCUT2D eigenvalue weighted by molar-refractivity contribution is 5.79. The second-order valence-electron chi connectivity index (χ2n) is 4.41. The van der Waals surface area contributed by atoms with Gasteiger partial charge >= 0.3 is 5.97 Å². The van der Waals surface area contributed by atoms with Crippen LogP contribution in [0.3, 0.4) is 0 Å². The van der Waals surface area contributed by atoms with Crippen LogP contribution in [0.5, 0.6) is 0 Å². The molecule has 1 aliphatic rings. The van der Waals surface area contributed by atoms with Gasteiger partial charge in [0.2, 0.25) is 0 Å². The molecule has 0 saturated carbocycles. The monoisotopic (exact) mass is 239 g/mol. The molecule has 0 aliphatic carbocycles. The van der Waals surface area contributed by atoms with E-state index in [-0.39, 0.29) is 0 Å². The number of aryl methyl sites for hydroxylation is 1. The zero-order chi connectivity index (χ0) is 12.5. The zero-order valence-electron chi connectivity index (χ0n) is 10.1. The Morgan fingerprint density at radius 3 is 2.88 bits per heavy atom. The minimum Gasteiger partial charge on any atom is -0.480 e. The van der Waals surface area contributed by atoms with Gasteiger partial charge in [0.15, 0.2) is 5.82 Å². The molecular weight excluding hydrogens is 222 g/mol. The number of hydrogen-bond donors (Lipinski definition) is 1. The van der Waals surface area contributed by atoms with E-state index in [1.54, 1.807) is 7.05 Å². The Morgan fingerprint density at radius 2 is 2.35 bits per heavy atom. The number of aliphatic carboxylic acids is 1. The van der Waals surface area contributed by atoms with Crippen molar-refractivity contribution in [3.8, 4) is 0 Å². The summed E-state index contributed by atoms with van der Waals surface area (Å²) in [6, 6.07) is 0. The second kappa shape index (κ2) is 4.40. The summed E-state index contributed by atoms with van der Waals surface area (Å²) < 4.78 is 0. The van der Waals surface area contributed by atoms with E-state index in [9.17, 15) is 9.90 Å². The lowest BCUT2D eigenvalue weighted by molar-refractivity contribution is -0.150. The van der Waals surface area contributed by atoms with Gasteiger partial charge in [-0.3, -0.25) is 9.69 Å². The lowest BCUT2D eigenvalue weighted by atomic mass is 9.93. The fraction of sp³-hybridized carbons (Fsp3) is 0.800. The summed E-state index contributed by atoms with van der Waals surface area (Å²) in [5.41, 5.74) is -0.751. The normalized spacial score (nSPS) is 25.3. The zero-order valence-corrected chi connectivity index (χ0v) is 10.1. The summed E-state index contributed by atoms with van der Waals surface area (Å²) in [4.78, 5) is 14.8. The summed E-state index contributed by atoms with van der Waals surface area (Å²) in [6.07, 6.45) is 2.20. The van der Waals surface area contributed by atoms with Gasteiger partial charge in [-0.05, 0) is 31.0 Å². The molecule has 1 atom stereocenters. The summed E-state index contributed by atoms with van der Waals surface area (Å²) in [5.74, 6) is -0.171. The minimum absolute atomic E-state index is 0.452. The summed E-state index contributed by atoms with van der Waals surface area (Å²) in [7, 11) is 1.70. The molecule has 1 N–H and O–H groups in total. The molecule has 1 unspecified atom stereocenters. The average Bonchev–Trinajstić information content (AvgIpc) is 2.86. The van der Waals surface area contributed by atoms with Crippen LogP contribution in [0, 0.1) is 0 Å². The Kier molecular flexibility index (Phi) is 3.10. The van der Waals surface area contributed by atoms with Gasteiger partial charge in [-0.15, -0.1) is 10.2 Å². The van der Waals surface area contributed by atoms with Crippen LogP contribution >= 0.6 is 0 Å². The van der Waals surface area contributed by atoms with Crippen molar-refractivity contribution < 1.29 is 9.90 Å². The van der Waals surface area contributed by atoms with Crippen molar-refractivity contribution in [2.75, 3.05) is 6.54 Å². The molecule has 1 aromatic heterocycles. The SMILES string of the molecule is CCC1(C(=O)O)CCCN1Cc1nnn(C)n1. The molecule has 1 fully saturated rings. The molecule has 94 valence electrons. The molecule has 1 aromatic rings. The predicted octanol–water partition coefficient (Wildman–Crippen LogP) is 0.0393. The number of aromatic nitrogens is 4. The first-order chi connectivity index (χ1) is 8.08. The first kappa shape index (κ1) is 12.0. The van der Waals surface area contributed by atoms with Gasteiger partial charge in [-0.2, -0.15) is 4.80 Å². The van der Waals surface area contributed by atoms with Crippen molar-refractivity contribution in [3.05, 3.63) is 5.82 Å². The number of hydrogen-bond acceptors (Lipinski definition) is 5. The van der Waals surface area contributed by atoms with E-state index in [1.807, 2.05) is 11.8 Å². The molecule has 2 rings (SSSR count). The molecule has 1 aliphatic heterocycles.